The second kappa shape index (κ2) is 6.03. The zero-order chi connectivity index (χ0) is 17.5. The number of para-hydroxylation sites is 1. The van der Waals surface area contributed by atoms with Crippen LogP contribution in [0, 0.1) is 5.41 Å². The van der Waals surface area contributed by atoms with E-state index in [2.05, 4.69) is 66.9 Å². The summed E-state index contributed by atoms with van der Waals surface area (Å²) in [6.45, 7) is 4.34. The minimum Gasteiger partial charge on any atom is -0.340 e. The molecule has 2 aliphatic carbocycles. The minimum absolute atomic E-state index is 0.0203. The van der Waals surface area contributed by atoms with E-state index in [0.29, 0.717) is 0 Å². The Kier molecular flexibility index (Phi) is 3.96. The average Bonchev–Trinajstić information content (AvgIpc) is 2.60. The number of allylic oxidation sites excluding steroid dienone is 6. The maximum atomic E-state index is 6.57. The van der Waals surface area contributed by atoms with Crippen LogP contribution in [0.1, 0.15) is 38.3 Å². The van der Waals surface area contributed by atoms with Gasteiger partial charge in [0, 0.05) is 16.7 Å². The number of alkyl halides is 1. The van der Waals surface area contributed by atoms with Gasteiger partial charge in [-0.2, -0.15) is 0 Å². The van der Waals surface area contributed by atoms with Crippen molar-refractivity contribution in [2.45, 2.75) is 37.6 Å². The van der Waals surface area contributed by atoms with E-state index in [0.717, 1.165) is 24.4 Å². The predicted octanol–water partition coefficient (Wildman–Crippen LogP) is 5.96. The number of fused-ring (bicyclic) bond motifs is 1. The smallest absolute Gasteiger partial charge is 0.129 e. The van der Waals surface area contributed by atoms with Gasteiger partial charge in [-0.25, -0.2) is 0 Å². The maximum absolute atomic E-state index is 6.57. The van der Waals surface area contributed by atoms with Crippen LogP contribution in [-0.4, -0.2) is 10.7 Å². The van der Waals surface area contributed by atoms with E-state index < -0.39 is 0 Å². The lowest BCUT2D eigenvalue weighted by Crippen LogP contribution is -2.32. The average molecular weight is 351 g/mol. The molecule has 3 atom stereocenters. The van der Waals surface area contributed by atoms with Crippen LogP contribution < -0.4 is 5.32 Å². The lowest BCUT2D eigenvalue weighted by molar-refractivity contribution is 0.344. The molecular formula is C22H23ClN2. The highest BCUT2D eigenvalue weighted by atomic mass is 35.5. The monoisotopic (exact) mass is 350 g/mol. The van der Waals surface area contributed by atoms with Gasteiger partial charge in [-0.05, 0) is 31.4 Å². The van der Waals surface area contributed by atoms with Crippen molar-refractivity contribution in [1.82, 2.24) is 0 Å². The number of rotatable bonds is 2. The van der Waals surface area contributed by atoms with E-state index in [9.17, 15) is 0 Å². The topological polar surface area (TPSA) is 24.4 Å². The molecule has 2 nitrogen and oxygen atoms in total. The van der Waals surface area contributed by atoms with Crippen molar-refractivity contribution >= 4 is 23.1 Å². The summed E-state index contributed by atoms with van der Waals surface area (Å²) in [5, 5.41) is 3.54. The van der Waals surface area contributed by atoms with E-state index in [1.807, 2.05) is 19.1 Å². The van der Waals surface area contributed by atoms with Gasteiger partial charge in [0.1, 0.15) is 5.84 Å². The summed E-state index contributed by atoms with van der Waals surface area (Å²) < 4.78 is 0. The molecule has 0 bridgehead atoms. The van der Waals surface area contributed by atoms with E-state index in [-0.39, 0.29) is 16.3 Å². The third-order valence-electron chi connectivity index (χ3n) is 5.25. The number of hydrogen-bond donors (Lipinski definition) is 1. The molecule has 3 unspecified atom stereocenters. The van der Waals surface area contributed by atoms with Crippen molar-refractivity contribution in [2.75, 3.05) is 5.32 Å². The zero-order valence-electron chi connectivity index (χ0n) is 14.7. The van der Waals surface area contributed by atoms with E-state index in [1.165, 1.54) is 11.1 Å². The number of aliphatic imine (C=N–C) groups is 1. The summed E-state index contributed by atoms with van der Waals surface area (Å²) in [5.41, 5.74) is 3.55. The molecular weight excluding hydrogens is 328 g/mol. The SMILES string of the molecule is CC1(Cl)C=CC=C(C2=NC(C3(C)C=CC=CC3)c3ccccc3N2)C1. The van der Waals surface area contributed by atoms with Crippen LogP contribution in [0.3, 0.4) is 0 Å². The number of hydrogen-bond acceptors (Lipinski definition) is 2. The molecule has 0 radical (unpaired) electrons. The normalized spacial score (nSPS) is 33.3. The molecule has 4 rings (SSSR count). The van der Waals surface area contributed by atoms with E-state index in [4.69, 9.17) is 16.6 Å². The summed E-state index contributed by atoms with van der Waals surface area (Å²) in [7, 11) is 0. The van der Waals surface area contributed by atoms with E-state index >= 15 is 0 Å². The van der Waals surface area contributed by atoms with Crippen LogP contribution in [0.5, 0.6) is 0 Å². The van der Waals surface area contributed by atoms with Crippen LogP contribution in [0.2, 0.25) is 0 Å². The van der Waals surface area contributed by atoms with Crippen molar-refractivity contribution in [3.63, 3.8) is 0 Å². The molecule has 1 aromatic rings. The Bertz CT molecular complexity index is 841. The summed E-state index contributed by atoms with van der Waals surface area (Å²) in [4.78, 5) is 4.82. The fourth-order valence-corrected chi connectivity index (χ4v) is 4.05. The number of nitrogens with one attached hydrogen (secondary N) is 1. The lowest BCUT2D eigenvalue weighted by Gasteiger charge is -2.38. The molecule has 1 N–H and O–H groups in total. The van der Waals surface area contributed by atoms with Gasteiger partial charge >= 0.3 is 0 Å². The summed E-state index contributed by atoms with van der Waals surface area (Å²) in [5.74, 6) is 0.948. The van der Waals surface area contributed by atoms with Gasteiger partial charge in [0.15, 0.2) is 0 Å². The molecule has 3 heteroatoms. The molecule has 1 aliphatic heterocycles. The Morgan fingerprint density at radius 2 is 1.96 bits per heavy atom. The third kappa shape index (κ3) is 3.11. The molecule has 1 heterocycles. The molecule has 128 valence electrons. The van der Waals surface area contributed by atoms with Crippen molar-refractivity contribution in [2.24, 2.45) is 10.4 Å². The standard InChI is InChI=1S/C22H23ClN2/c1-21(12-6-3-7-13-21)19-17-10-4-5-11-18(17)24-20(25-19)16-9-8-14-22(2,23)15-16/h3-12,14,19H,13,15H2,1-2H3,(H,24,25). The minimum atomic E-state index is -0.349. The van der Waals surface area contributed by atoms with Crippen molar-refractivity contribution in [1.29, 1.82) is 0 Å². The van der Waals surface area contributed by atoms with Crippen LogP contribution in [0.25, 0.3) is 0 Å². The van der Waals surface area contributed by atoms with Crippen molar-refractivity contribution < 1.29 is 0 Å². The highest BCUT2D eigenvalue weighted by molar-refractivity contribution is 6.26. The summed E-state index contributed by atoms with van der Waals surface area (Å²) >= 11 is 6.57. The number of halogens is 1. The van der Waals surface area contributed by atoms with Crippen LogP contribution in [-0.2, 0) is 0 Å². The number of anilines is 1. The van der Waals surface area contributed by atoms with Crippen LogP contribution in [0.4, 0.5) is 5.69 Å². The Morgan fingerprint density at radius 3 is 2.72 bits per heavy atom. The molecule has 1 aromatic carbocycles. The molecule has 25 heavy (non-hydrogen) atoms. The highest BCUT2D eigenvalue weighted by Gasteiger charge is 2.37. The number of amidine groups is 1. The molecule has 0 spiro atoms. The Labute approximate surface area is 154 Å². The second-order valence-electron chi connectivity index (χ2n) is 7.60. The molecule has 0 saturated heterocycles. The maximum Gasteiger partial charge on any atom is 0.129 e. The summed E-state index contributed by atoms with van der Waals surface area (Å²) in [6.07, 6.45) is 16.8. The van der Waals surface area contributed by atoms with Gasteiger partial charge in [0.25, 0.3) is 0 Å². The van der Waals surface area contributed by atoms with Gasteiger partial charge in [0.2, 0.25) is 0 Å². The molecule has 0 amide bonds. The van der Waals surface area contributed by atoms with Gasteiger partial charge in [0.05, 0.1) is 10.9 Å². The first-order valence-corrected chi connectivity index (χ1v) is 9.21. The van der Waals surface area contributed by atoms with Gasteiger partial charge in [-0.3, -0.25) is 4.99 Å². The first-order valence-electron chi connectivity index (χ1n) is 8.83. The largest absolute Gasteiger partial charge is 0.340 e. The highest BCUT2D eigenvalue weighted by Crippen LogP contribution is 2.47. The van der Waals surface area contributed by atoms with Gasteiger partial charge < -0.3 is 5.32 Å². The zero-order valence-corrected chi connectivity index (χ0v) is 15.4. The Morgan fingerprint density at radius 1 is 1.12 bits per heavy atom. The Hall–Kier alpha value is -2.06. The number of benzene rings is 1. The number of nitrogens with zero attached hydrogens (tertiary/aromatic N) is 1. The van der Waals surface area contributed by atoms with Crippen LogP contribution >= 0.6 is 11.6 Å². The first-order chi connectivity index (χ1) is 12.0. The molecule has 0 aromatic heterocycles. The van der Waals surface area contributed by atoms with Crippen molar-refractivity contribution in [3.05, 3.63) is 77.9 Å². The second-order valence-corrected chi connectivity index (χ2v) is 8.46. The first kappa shape index (κ1) is 16.4. The van der Waals surface area contributed by atoms with Gasteiger partial charge in [-0.1, -0.05) is 67.7 Å². The molecule has 0 saturated carbocycles. The lowest BCUT2D eigenvalue weighted by atomic mass is 9.73. The third-order valence-corrected chi connectivity index (χ3v) is 5.51. The van der Waals surface area contributed by atoms with Crippen molar-refractivity contribution in [3.8, 4) is 0 Å². The molecule has 0 fully saturated rings. The molecule has 3 aliphatic rings. The van der Waals surface area contributed by atoms with Crippen LogP contribution in [0.15, 0.2) is 77.4 Å². The predicted molar refractivity (Wildman–Crippen MR) is 107 cm³/mol. The fraction of sp³-hybridized carbons (Fsp3) is 0.318. The van der Waals surface area contributed by atoms with E-state index in [1.54, 1.807) is 0 Å². The quantitative estimate of drug-likeness (QED) is 0.654. The summed E-state index contributed by atoms with van der Waals surface area (Å²) in [6, 6.07) is 8.59. The Balaban J connectivity index is 1.77. The van der Waals surface area contributed by atoms with Gasteiger partial charge in [-0.15, -0.1) is 11.6 Å². The fourth-order valence-electron chi connectivity index (χ4n) is 3.84.